The van der Waals surface area contributed by atoms with Crippen LogP contribution < -0.4 is 0 Å². The first-order valence-corrected chi connectivity index (χ1v) is 16.0. The van der Waals surface area contributed by atoms with Crippen LogP contribution in [0.5, 0.6) is 0 Å². The Balaban J connectivity index is 3.08. The molecule has 1 amide bonds. The number of hydrogen-bond donors (Lipinski definition) is 0. The lowest BCUT2D eigenvalue weighted by Crippen LogP contribution is -2.60. The highest BCUT2D eigenvalue weighted by Gasteiger charge is 2.53. The van der Waals surface area contributed by atoms with Gasteiger partial charge in [0.25, 0.3) is 0 Å². The van der Waals surface area contributed by atoms with Gasteiger partial charge in [-0.25, -0.2) is 0 Å². The van der Waals surface area contributed by atoms with E-state index in [0.29, 0.717) is 11.8 Å². The van der Waals surface area contributed by atoms with Crippen LogP contribution >= 0.6 is 0 Å². The zero-order valence-corrected chi connectivity index (χ0v) is 19.4. The third kappa shape index (κ3) is 4.31. The highest BCUT2D eigenvalue weighted by Crippen LogP contribution is 2.48. The molecule has 0 aromatic heterocycles. The van der Waals surface area contributed by atoms with Crippen molar-refractivity contribution in [2.45, 2.75) is 84.0 Å². The van der Waals surface area contributed by atoms with Crippen molar-refractivity contribution in [1.82, 2.24) is 4.57 Å². The van der Waals surface area contributed by atoms with Gasteiger partial charge in [-0.3, -0.25) is 4.79 Å². The van der Waals surface area contributed by atoms with Crippen LogP contribution in [0.2, 0.25) is 43.8 Å². The van der Waals surface area contributed by atoms with Crippen LogP contribution in [0.25, 0.3) is 0 Å². The Morgan fingerprint density at radius 1 is 1.25 bits per heavy atom. The topological polar surface area (TPSA) is 20.3 Å². The second-order valence-corrected chi connectivity index (χ2v) is 20.4. The predicted molar refractivity (Wildman–Crippen MR) is 113 cm³/mol. The molecule has 0 aliphatic carbocycles. The normalized spacial score (nSPS) is 23.6. The van der Waals surface area contributed by atoms with Crippen LogP contribution in [0.15, 0.2) is 24.8 Å². The van der Waals surface area contributed by atoms with Gasteiger partial charge in [-0.15, -0.1) is 6.58 Å². The van der Waals surface area contributed by atoms with E-state index in [1.165, 1.54) is 0 Å². The van der Waals surface area contributed by atoms with E-state index in [4.69, 9.17) is 0 Å². The highest BCUT2D eigenvalue weighted by molar-refractivity contribution is 6.79. The number of rotatable bonds is 7. The lowest BCUT2D eigenvalue weighted by Gasteiger charge is -2.50. The molecule has 1 fully saturated rings. The van der Waals surface area contributed by atoms with Gasteiger partial charge >= 0.3 is 0 Å². The number of hydrogen-bond acceptors (Lipinski definition) is 1. The maximum atomic E-state index is 13.2. The fraction of sp³-hybridized carbons (Fsp3) is 0.750. The summed E-state index contributed by atoms with van der Waals surface area (Å²) in [6.07, 6.45) is 7.34. The molecule has 0 spiro atoms. The van der Waals surface area contributed by atoms with E-state index in [1.54, 1.807) is 0 Å². The summed E-state index contributed by atoms with van der Waals surface area (Å²) in [6.45, 7) is 25.1. The van der Waals surface area contributed by atoms with E-state index in [-0.39, 0.29) is 17.0 Å². The van der Waals surface area contributed by atoms with Crippen LogP contribution in [0, 0.1) is 11.8 Å². The van der Waals surface area contributed by atoms with Crippen LogP contribution in [-0.4, -0.2) is 32.8 Å². The van der Waals surface area contributed by atoms with Gasteiger partial charge in [-0.2, -0.15) is 0 Å². The van der Waals surface area contributed by atoms with Crippen LogP contribution in [-0.2, 0) is 4.79 Å². The Kier molecular flexibility index (Phi) is 6.54. The van der Waals surface area contributed by atoms with Gasteiger partial charge < -0.3 is 4.57 Å². The zero-order valence-electron chi connectivity index (χ0n) is 17.4. The number of carbonyl (C=O) groups is 1. The van der Waals surface area contributed by atoms with Crippen molar-refractivity contribution in [2.75, 3.05) is 0 Å². The summed E-state index contributed by atoms with van der Waals surface area (Å²) in [5.74, 6) is 0.926. The first kappa shape index (κ1) is 21.4. The Morgan fingerprint density at radius 3 is 2.21 bits per heavy atom. The molecule has 1 heterocycles. The summed E-state index contributed by atoms with van der Waals surface area (Å²) in [5, 5.41) is 0.168. The van der Waals surface area contributed by atoms with Crippen molar-refractivity contribution in [1.29, 1.82) is 0 Å². The molecule has 1 aliphatic heterocycles. The average molecular weight is 366 g/mol. The second kappa shape index (κ2) is 7.32. The fourth-order valence-corrected chi connectivity index (χ4v) is 8.10. The van der Waals surface area contributed by atoms with Gasteiger partial charge in [-0.1, -0.05) is 78.7 Å². The minimum absolute atomic E-state index is 0.0408. The number of carbonyl (C=O) groups excluding carboxylic acids is 1. The smallest absolute Gasteiger partial charge is 0.222 e. The highest BCUT2D eigenvalue weighted by atomic mass is 28.3. The van der Waals surface area contributed by atoms with Crippen LogP contribution in [0.3, 0.4) is 0 Å². The lowest BCUT2D eigenvalue weighted by molar-refractivity contribution is -0.127. The third-order valence-corrected chi connectivity index (χ3v) is 13.3. The minimum Gasteiger partial charge on any atom is -0.363 e. The Morgan fingerprint density at radius 2 is 1.79 bits per heavy atom. The Bertz CT molecular complexity index is 500. The van der Waals surface area contributed by atoms with Crippen molar-refractivity contribution in [2.24, 2.45) is 11.8 Å². The average Bonchev–Trinajstić information content (AvgIpc) is 2.74. The van der Waals surface area contributed by atoms with Crippen LogP contribution in [0.4, 0.5) is 0 Å². The van der Waals surface area contributed by atoms with Crippen molar-refractivity contribution < 1.29 is 4.79 Å². The van der Waals surface area contributed by atoms with Crippen LogP contribution in [0.1, 0.15) is 34.1 Å². The molecule has 0 unspecified atom stereocenters. The molecular weight excluding hydrogens is 326 g/mol. The monoisotopic (exact) mass is 365 g/mol. The molecular formula is C20H39NOSi2. The molecule has 0 bridgehead atoms. The van der Waals surface area contributed by atoms with E-state index < -0.39 is 16.3 Å². The molecule has 1 rings (SSSR count). The fourth-order valence-electron chi connectivity index (χ4n) is 3.46. The number of amides is 1. The summed E-state index contributed by atoms with van der Waals surface area (Å²) >= 11 is 0. The van der Waals surface area contributed by atoms with Gasteiger partial charge in [0.1, 0.15) is 0 Å². The van der Waals surface area contributed by atoms with Crippen molar-refractivity contribution in [3.8, 4) is 0 Å². The summed E-state index contributed by atoms with van der Waals surface area (Å²) in [4.78, 5) is 13.2. The molecule has 2 atom stereocenters. The maximum absolute atomic E-state index is 13.2. The maximum Gasteiger partial charge on any atom is 0.222 e. The van der Waals surface area contributed by atoms with E-state index in [2.05, 4.69) is 83.7 Å². The first-order chi connectivity index (χ1) is 10.8. The van der Waals surface area contributed by atoms with Gasteiger partial charge in [0.2, 0.25) is 5.91 Å². The molecule has 1 saturated heterocycles. The summed E-state index contributed by atoms with van der Waals surface area (Å²) < 4.78 is 2.25. The molecule has 0 radical (unpaired) electrons. The first-order valence-electron chi connectivity index (χ1n) is 9.38. The number of allylic oxidation sites excluding steroid dienone is 1. The summed E-state index contributed by atoms with van der Waals surface area (Å²) in [6, 6.07) is 1.34. The molecule has 4 heteroatoms. The molecule has 0 aromatic carbocycles. The quantitative estimate of drug-likeness (QED) is 0.405. The van der Waals surface area contributed by atoms with Crippen molar-refractivity contribution in [3.05, 3.63) is 24.8 Å². The van der Waals surface area contributed by atoms with Crippen molar-refractivity contribution in [3.63, 3.8) is 0 Å². The summed E-state index contributed by atoms with van der Waals surface area (Å²) in [5.41, 5.74) is 0. The molecule has 0 N–H and O–H groups in total. The van der Waals surface area contributed by atoms with Gasteiger partial charge in [0.15, 0.2) is 8.24 Å². The summed E-state index contributed by atoms with van der Waals surface area (Å²) in [7, 11) is -3.04. The second-order valence-electron chi connectivity index (χ2n) is 9.98. The van der Waals surface area contributed by atoms with E-state index in [0.717, 1.165) is 12.5 Å². The largest absolute Gasteiger partial charge is 0.363 e. The van der Waals surface area contributed by atoms with Gasteiger partial charge in [-0.05, 0) is 23.4 Å². The predicted octanol–water partition coefficient (Wildman–Crippen LogP) is 5.93. The zero-order chi connectivity index (χ0) is 18.9. The third-order valence-electron chi connectivity index (χ3n) is 6.37. The lowest BCUT2D eigenvalue weighted by atomic mass is 9.99. The van der Waals surface area contributed by atoms with E-state index in [9.17, 15) is 4.79 Å². The van der Waals surface area contributed by atoms with Crippen molar-refractivity contribution >= 4 is 22.2 Å². The molecule has 2 nitrogen and oxygen atoms in total. The van der Waals surface area contributed by atoms with Gasteiger partial charge in [0.05, 0.1) is 5.92 Å². The molecule has 24 heavy (non-hydrogen) atoms. The van der Waals surface area contributed by atoms with E-state index >= 15 is 0 Å². The van der Waals surface area contributed by atoms with Gasteiger partial charge in [0, 0.05) is 14.1 Å². The molecule has 1 aliphatic rings. The molecule has 0 saturated carbocycles. The Labute approximate surface area is 152 Å². The number of nitrogens with zero attached hydrogens (tertiary/aromatic N) is 1. The SMILES string of the molecule is C=C[C@H]1C[C@@H](/C=C/C[Si](C)(C)C)C(=O)N1[Si](C)(C)C(C)(C)C(C)C. The molecule has 0 aromatic rings. The van der Waals surface area contributed by atoms with E-state index in [1.807, 2.05) is 6.08 Å². The molecule has 138 valence electrons. The minimum atomic E-state index is -1.94. The Hall–Kier alpha value is -0.616. The standard InChI is InChI=1S/C20H39NOSi2/c1-11-18-15-17(13-12-14-23(6,7)8)19(22)21(18)24(9,10)20(4,5)16(2)3/h11-13,16-18H,1,14-15H2,2-10H3/b13-12+/t17-,18+/m1/s1.